The number of fused-ring (bicyclic) bond motifs is 1. The maximum atomic E-state index is 6.22. The first-order chi connectivity index (χ1) is 11.9. The highest BCUT2D eigenvalue weighted by Crippen LogP contribution is 2.30. The van der Waals surface area contributed by atoms with E-state index in [-0.39, 0.29) is 48.0 Å². The molecule has 146 valence electrons. The Balaban J connectivity index is 0.00000121. The molecule has 3 aliphatic rings. The lowest BCUT2D eigenvalue weighted by Crippen LogP contribution is -2.38. The van der Waals surface area contributed by atoms with Gasteiger partial charge in [0.2, 0.25) is 0 Å². The van der Waals surface area contributed by atoms with E-state index in [0.29, 0.717) is 0 Å². The lowest BCUT2D eigenvalue weighted by molar-refractivity contribution is 0.0322. The quantitative estimate of drug-likeness (QED) is 0.541. The number of nitrogens with zero attached hydrogens (tertiary/aromatic N) is 2. The van der Waals surface area contributed by atoms with Crippen LogP contribution in [0.3, 0.4) is 0 Å². The van der Waals surface area contributed by atoms with Crippen molar-refractivity contribution in [2.24, 2.45) is 4.99 Å². The Bertz CT molecular complexity index is 619. The van der Waals surface area contributed by atoms with Crippen LogP contribution >= 0.6 is 48.0 Å². The standard InChI is InChI=1S/C19H27N3O2.2HI/c1-2-4-16-14-18(24-12-9-22-7-10-23-11-8-22)17(13-15(16)3-1)19-20-5-6-21-19;;/h13-14H,1-12H2,(H,20,21);2*1H. The second-order valence-corrected chi connectivity index (χ2v) is 6.78. The summed E-state index contributed by atoms with van der Waals surface area (Å²) in [5.41, 5.74) is 4.09. The molecule has 1 fully saturated rings. The summed E-state index contributed by atoms with van der Waals surface area (Å²) in [6.45, 7) is 7.16. The fourth-order valence-electron chi connectivity index (χ4n) is 3.76. The van der Waals surface area contributed by atoms with Gasteiger partial charge in [0.1, 0.15) is 18.2 Å². The summed E-state index contributed by atoms with van der Waals surface area (Å²) < 4.78 is 11.6. The van der Waals surface area contributed by atoms with Crippen molar-refractivity contribution in [2.45, 2.75) is 25.7 Å². The van der Waals surface area contributed by atoms with Crippen LogP contribution in [0.5, 0.6) is 5.75 Å². The van der Waals surface area contributed by atoms with Crippen LogP contribution in [0.25, 0.3) is 0 Å². The summed E-state index contributed by atoms with van der Waals surface area (Å²) in [7, 11) is 0. The van der Waals surface area contributed by atoms with Gasteiger partial charge in [-0.15, -0.1) is 48.0 Å². The van der Waals surface area contributed by atoms with Crippen LogP contribution in [0.1, 0.15) is 29.5 Å². The van der Waals surface area contributed by atoms with Crippen LogP contribution < -0.4 is 10.1 Å². The number of ether oxygens (including phenoxy) is 2. The number of hydrogen-bond donors (Lipinski definition) is 1. The smallest absolute Gasteiger partial charge is 0.132 e. The van der Waals surface area contributed by atoms with Crippen molar-refractivity contribution in [3.8, 4) is 5.75 Å². The molecule has 5 nitrogen and oxygen atoms in total. The third-order valence-electron chi connectivity index (χ3n) is 5.14. The van der Waals surface area contributed by atoms with E-state index in [4.69, 9.17) is 9.47 Å². The van der Waals surface area contributed by atoms with E-state index in [1.807, 2.05) is 0 Å². The van der Waals surface area contributed by atoms with E-state index in [1.54, 1.807) is 0 Å². The highest BCUT2D eigenvalue weighted by atomic mass is 127. The number of rotatable bonds is 5. The van der Waals surface area contributed by atoms with Gasteiger partial charge in [0.15, 0.2) is 0 Å². The maximum absolute atomic E-state index is 6.22. The van der Waals surface area contributed by atoms with Gasteiger partial charge >= 0.3 is 0 Å². The lowest BCUT2D eigenvalue weighted by atomic mass is 9.89. The lowest BCUT2D eigenvalue weighted by Gasteiger charge is -2.27. The van der Waals surface area contributed by atoms with Gasteiger partial charge in [-0.1, -0.05) is 0 Å². The van der Waals surface area contributed by atoms with Gasteiger partial charge in [-0.25, -0.2) is 0 Å². The van der Waals surface area contributed by atoms with Gasteiger partial charge in [0.05, 0.1) is 25.3 Å². The van der Waals surface area contributed by atoms with Crippen molar-refractivity contribution < 1.29 is 9.47 Å². The summed E-state index contributed by atoms with van der Waals surface area (Å²) in [4.78, 5) is 7.02. The molecule has 7 heteroatoms. The average molecular weight is 585 g/mol. The molecule has 0 radical (unpaired) electrons. The number of aliphatic imine (C=N–C) groups is 1. The minimum absolute atomic E-state index is 0. The second-order valence-electron chi connectivity index (χ2n) is 6.78. The summed E-state index contributed by atoms with van der Waals surface area (Å²) >= 11 is 0. The van der Waals surface area contributed by atoms with E-state index in [9.17, 15) is 0 Å². The van der Waals surface area contributed by atoms with Gasteiger partial charge < -0.3 is 14.8 Å². The predicted octanol–water partition coefficient (Wildman–Crippen LogP) is 2.86. The number of aryl methyl sites for hydroxylation is 2. The van der Waals surface area contributed by atoms with Crippen LogP contribution in [0, 0.1) is 0 Å². The van der Waals surface area contributed by atoms with Crippen molar-refractivity contribution in [3.05, 3.63) is 28.8 Å². The van der Waals surface area contributed by atoms with Crippen LogP contribution in [0.4, 0.5) is 0 Å². The fourth-order valence-corrected chi connectivity index (χ4v) is 3.76. The molecular formula is C19H29I2N3O2. The average Bonchev–Trinajstić information content (AvgIpc) is 3.16. The molecule has 1 aliphatic carbocycles. The molecule has 1 saturated heterocycles. The molecule has 0 atom stereocenters. The third-order valence-corrected chi connectivity index (χ3v) is 5.14. The number of hydrogen-bond acceptors (Lipinski definition) is 5. The first kappa shape index (κ1) is 22.2. The monoisotopic (exact) mass is 585 g/mol. The number of morpholine rings is 1. The number of amidine groups is 1. The van der Waals surface area contributed by atoms with Crippen LogP contribution in [0.2, 0.25) is 0 Å². The van der Waals surface area contributed by atoms with Crippen molar-refractivity contribution in [3.63, 3.8) is 0 Å². The second kappa shape index (κ2) is 11.0. The Hall–Kier alpha value is -0.130. The summed E-state index contributed by atoms with van der Waals surface area (Å²) in [6.07, 6.45) is 4.95. The SMILES string of the molecule is I.I.c1c2c(cc(C3=NCCN3)c1OCCN1CCOCC1)CCCC2. The predicted molar refractivity (Wildman–Crippen MR) is 126 cm³/mol. The molecule has 1 aromatic rings. The third kappa shape index (κ3) is 5.45. The molecule has 26 heavy (non-hydrogen) atoms. The molecule has 2 heterocycles. The first-order valence-corrected chi connectivity index (χ1v) is 9.27. The van der Waals surface area contributed by atoms with Gasteiger partial charge in [-0.3, -0.25) is 9.89 Å². The molecule has 0 unspecified atom stereocenters. The van der Waals surface area contributed by atoms with Crippen LogP contribution in [-0.4, -0.2) is 63.3 Å². The zero-order valence-electron chi connectivity index (χ0n) is 15.2. The van der Waals surface area contributed by atoms with Crippen LogP contribution in [-0.2, 0) is 17.6 Å². The van der Waals surface area contributed by atoms with Crippen molar-refractivity contribution in [1.82, 2.24) is 10.2 Å². The van der Waals surface area contributed by atoms with Gasteiger partial charge in [0, 0.05) is 26.2 Å². The van der Waals surface area contributed by atoms with Crippen molar-refractivity contribution in [2.75, 3.05) is 52.5 Å². The largest absolute Gasteiger partial charge is 0.491 e. The fraction of sp³-hybridized carbons (Fsp3) is 0.632. The molecule has 0 spiro atoms. The van der Waals surface area contributed by atoms with E-state index in [1.165, 1.54) is 36.8 Å². The van der Waals surface area contributed by atoms with Gasteiger partial charge in [-0.05, 0) is 48.9 Å². The number of halogens is 2. The highest BCUT2D eigenvalue weighted by Gasteiger charge is 2.19. The Morgan fingerprint density at radius 1 is 1.08 bits per heavy atom. The minimum Gasteiger partial charge on any atom is -0.491 e. The Labute approximate surface area is 190 Å². The highest BCUT2D eigenvalue weighted by molar-refractivity contribution is 14.0. The first-order valence-electron chi connectivity index (χ1n) is 9.27. The van der Waals surface area contributed by atoms with E-state index < -0.39 is 0 Å². The molecule has 0 saturated carbocycles. The number of nitrogens with one attached hydrogen (secondary N) is 1. The Kier molecular flexibility index (Phi) is 9.39. The van der Waals surface area contributed by atoms with Gasteiger partial charge in [-0.2, -0.15) is 0 Å². The van der Waals surface area contributed by atoms with E-state index in [0.717, 1.165) is 69.7 Å². The molecule has 1 N–H and O–H groups in total. The normalized spacial score (nSPS) is 19.5. The van der Waals surface area contributed by atoms with Gasteiger partial charge in [0.25, 0.3) is 0 Å². The zero-order valence-corrected chi connectivity index (χ0v) is 19.8. The van der Waals surface area contributed by atoms with Crippen LogP contribution in [0.15, 0.2) is 17.1 Å². The molecule has 0 aromatic heterocycles. The summed E-state index contributed by atoms with van der Waals surface area (Å²) in [5, 5.41) is 3.40. The summed E-state index contributed by atoms with van der Waals surface area (Å²) in [6, 6.07) is 4.58. The number of benzene rings is 1. The van der Waals surface area contributed by atoms with Crippen molar-refractivity contribution >= 4 is 53.8 Å². The van der Waals surface area contributed by atoms with E-state index >= 15 is 0 Å². The Morgan fingerprint density at radius 3 is 2.50 bits per heavy atom. The molecule has 0 bridgehead atoms. The molecule has 1 aromatic carbocycles. The molecule has 0 amide bonds. The van der Waals surface area contributed by atoms with E-state index in [2.05, 4.69) is 27.3 Å². The Morgan fingerprint density at radius 2 is 1.81 bits per heavy atom. The topological polar surface area (TPSA) is 46.1 Å². The summed E-state index contributed by atoms with van der Waals surface area (Å²) in [5.74, 6) is 2.00. The zero-order chi connectivity index (χ0) is 16.2. The minimum atomic E-state index is 0. The molecule has 4 rings (SSSR count). The molecule has 2 aliphatic heterocycles. The maximum Gasteiger partial charge on any atom is 0.132 e. The van der Waals surface area contributed by atoms with Crippen molar-refractivity contribution in [1.29, 1.82) is 0 Å². The molecular weight excluding hydrogens is 556 g/mol.